The molecule has 1 aromatic carbocycles. The average Bonchev–Trinajstić information content (AvgIpc) is 2.43. The van der Waals surface area contributed by atoms with Crippen LogP contribution in [0.15, 0.2) is 36.4 Å². The van der Waals surface area contributed by atoms with Crippen LogP contribution in [0.5, 0.6) is 0 Å². The lowest BCUT2D eigenvalue weighted by Gasteiger charge is -2.06. The van der Waals surface area contributed by atoms with Crippen LogP contribution in [-0.2, 0) is 16.1 Å². The summed E-state index contributed by atoms with van der Waals surface area (Å²) in [4.78, 5) is 22.7. The Morgan fingerprint density at radius 2 is 2.20 bits per heavy atom. The van der Waals surface area contributed by atoms with Gasteiger partial charge < -0.3 is 10.6 Å². The third kappa shape index (κ3) is 5.83. The van der Waals surface area contributed by atoms with Gasteiger partial charge in [0.25, 0.3) is 0 Å². The average molecular weight is 271 g/mol. The molecule has 0 atom stereocenters. The second-order valence-electron chi connectivity index (χ2n) is 4.11. The number of anilines is 1. The number of allylic oxidation sites excluding steroid dienone is 1. The SMILES string of the molecule is CC/C=C/C(=O)NCc1cccc(NC(=O)CC#N)c1. The predicted octanol–water partition coefficient (Wildman–Crippen LogP) is 2.12. The van der Waals surface area contributed by atoms with E-state index in [1.165, 1.54) is 6.08 Å². The summed E-state index contributed by atoms with van der Waals surface area (Å²) in [6, 6.07) is 8.92. The Bertz CT molecular complexity index is 544. The fourth-order valence-electron chi connectivity index (χ4n) is 1.51. The summed E-state index contributed by atoms with van der Waals surface area (Å²) in [7, 11) is 0. The summed E-state index contributed by atoms with van der Waals surface area (Å²) in [5.41, 5.74) is 1.49. The molecule has 1 rings (SSSR count). The number of benzene rings is 1. The summed E-state index contributed by atoms with van der Waals surface area (Å²) in [5, 5.41) is 13.8. The van der Waals surface area contributed by atoms with Crippen molar-refractivity contribution in [2.45, 2.75) is 26.3 Å². The molecular formula is C15H17N3O2. The Morgan fingerprint density at radius 1 is 1.40 bits per heavy atom. The van der Waals surface area contributed by atoms with Crippen molar-refractivity contribution in [1.82, 2.24) is 5.32 Å². The molecule has 0 aliphatic rings. The Kier molecular flexibility index (Phi) is 6.55. The molecule has 0 radical (unpaired) electrons. The minimum Gasteiger partial charge on any atom is -0.348 e. The first-order chi connectivity index (χ1) is 9.65. The van der Waals surface area contributed by atoms with E-state index in [4.69, 9.17) is 5.26 Å². The molecule has 5 heteroatoms. The maximum absolute atomic E-state index is 11.4. The van der Waals surface area contributed by atoms with Crippen molar-refractivity contribution in [1.29, 1.82) is 5.26 Å². The van der Waals surface area contributed by atoms with E-state index in [0.717, 1.165) is 12.0 Å². The molecule has 104 valence electrons. The van der Waals surface area contributed by atoms with Crippen molar-refractivity contribution >= 4 is 17.5 Å². The molecule has 0 fully saturated rings. The van der Waals surface area contributed by atoms with E-state index >= 15 is 0 Å². The fourth-order valence-corrected chi connectivity index (χ4v) is 1.51. The molecule has 5 nitrogen and oxygen atoms in total. The van der Waals surface area contributed by atoms with Gasteiger partial charge in [-0.15, -0.1) is 0 Å². The van der Waals surface area contributed by atoms with Crippen molar-refractivity contribution in [3.8, 4) is 6.07 Å². The van der Waals surface area contributed by atoms with Gasteiger partial charge in [0.2, 0.25) is 11.8 Å². The zero-order valence-corrected chi connectivity index (χ0v) is 11.3. The van der Waals surface area contributed by atoms with Crippen LogP contribution in [0.2, 0.25) is 0 Å². The molecule has 0 aromatic heterocycles. The van der Waals surface area contributed by atoms with Gasteiger partial charge in [-0.25, -0.2) is 0 Å². The lowest BCUT2D eigenvalue weighted by Crippen LogP contribution is -2.20. The summed E-state index contributed by atoms with van der Waals surface area (Å²) >= 11 is 0. The number of hydrogen-bond acceptors (Lipinski definition) is 3. The number of rotatable bonds is 6. The molecule has 2 amide bonds. The fraction of sp³-hybridized carbons (Fsp3) is 0.267. The van der Waals surface area contributed by atoms with Gasteiger partial charge in [0.15, 0.2) is 0 Å². The number of hydrogen-bond donors (Lipinski definition) is 2. The molecule has 0 aliphatic carbocycles. The normalized spacial score (nSPS) is 10.0. The van der Waals surface area contributed by atoms with E-state index in [2.05, 4.69) is 10.6 Å². The second kappa shape index (κ2) is 8.48. The van der Waals surface area contributed by atoms with Crippen molar-refractivity contribution in [2.24, 2.45) is 0 Å². The Morgan fingerprint density at radius 3 is 2.90 bits per heavy atom. The zero-order chi connectivity index (χ0) is 14.8. The minimum absolute atomic E-state index is 0.147. The van der Waals surface area contributed by atoms with Crippen LogP contribution in [0.25, 0.3) is 0 Å². The zero-order valence-electron chi connectivity index (χ0n) is 11.3. The van der Waals surface area contributed by atoms with Crippen molar-refractivity contribution in [3.05, 3.63) is 42.0 Å². The molecule has 2 N–H and O–H groups in total. The number of nitrogens with one attached hydrogen (secondary N) is 2. The highest BCUT2D eigenvalue weighted by Gasteiger charge is 2.02. The summed E-state index contributed by atoms with van der Waals surface area (Å²) < 4.78 is 0. The van der Waals surface area contributed by atoms with Crippen LogP contribution in [0.3, 0.4) is 0 Å². The molecule has 0 aliphatic heterocycles. The summed E-state index contributed by atoms with van der Waals surface area (Å²) in [6.45, 7) is 2.34. The number of nitrogens with zero attached hydrogens (tertiary/aromatic N) is 1. The van der Waals surface area contributed by atoms with Crippen LogP contribution in [-0.4, -0.2) is 11.8 Å². The first-order valence-corrected chi connectivity index (χ1v) is 6.35. The van der Waals surface area contributed by atoms with Gasteiger partial charge in [-0.05, 0) is 30.2 Å². The van der Waals surface area contributed by atoms with Gasteiger partial charge in [0, 0.05) is 12.2 Å². The lowest BCUT2D eigenvalue weighted by molar-refractivity contribution is -0.117. The van der Waals surface area contributed by atoms with Gasteiger partial charge in [0.05, 0.1) is 6.07 Å². The topological polar surface area (TPSA) is 82.0 Å². The number of amides is 2. The minimum atomic E-state index is -0.348. The van der Waals surface area contributed by atoms with Crippen LogP contribution < -0.4 is 10.6 Å². The Balaban J connectivity index is 2.56. The van der Waals surface area contributed by atoms with E-state index in [0.29, 0.717) is 12.2 Å². The van der Waals surface area contributed by atoms with E-state index in [-0.39, 0.29) is 18.2 Å². The smallest absolute Gasteiger partial charge is 0.243 e. The van der Waals surface area contributed by atoms with Crippen LogP contribution in [0.1, 0.15) is 25.3 Å². The quantitative estimate of drug-likeness (QED) is 0.777. The van der Waals surface area contributed by atoms with E-state index in [9.17, 15) is 9.59 Å². The number of carbonyl (C=O) groups excluding carboxylic acids is 2. The van der Waals surface area contributed by atoms with E-state index < -0.39 is 0 Å². The lowest BCUT2D eigenvalue weighted by atomic mass is 10.2. The third-order valence-corrected chi connectivity index (χ3v) is 2.42. The molecule has 0 spiro atoms. The number of carbonyl (C=O) groups is 2. The van der Waals surface area contributed by atoms with Crippen molar-refractivity contribution in [3.63, 3.8) is 0 Å². The highest BCUT2D eigenvalue weighted by atomic mass is 16.2. The van der Waals surface area contributed by atoms with E-state index in [1.54, 1.807) is 30.3 Å². The van der Waals surface area contributed by atoms with Gasteiger partial charge in [-0.3, -0.25) is 9.59 Å². The van der Waals surface area contributed by atoms with Crippen molar-refractivity contribution in [2.75, 3.05) is 5.32 Å². The monoisotopic (exact) mass is 271 g/mol. The molecule has 20 heavy (non-hydrogen) atoms. The predicted molar refractivity (Wildman–Crippen MR) is 76.6 cm³/mol. The Labute approximate surface area is 118 Å². The summed E-state index contributed by atoms with van der Waals surface area (Å²) in [5.74, 6) is -0.495. The van der Waals surface area contributed by atoms with Gasteiger partial charge in [-0.2, -0.15) is 5.26 Å². The van der Waals surface area contributed by atoms with Crippen molar-refractivity contribution < 1.29 is 9.59 Å². The molecule has 0 saturated carbocycles. The summed E-state index contributed by atoms with van der Waals surface area (Å²) in [6.07, 6.45) is 3.92. The van der Waals surface area contributed by atoms with Gasteiger partial charge >= 0.3 is 0 Å². The molecular weight excluding hydrogens is 254 g/mol. The second-order valence-corrected chi connectivity index (χ2v) is 4.11. The third-order valence-electron chi connectivity index (χ3n) is 2.42. The van der Waals surface area contributed by atoms with Crippen LogP contribution in [0, 0.1) is 11.3 Å². The number of nitriles is 1. The van der Waals surface area contributed by atoms with Crippen LogP contribution >= 0.6 is 0 Å². The molecule has 1 aromatic rings. The van der Waals surface area contributed by atoms with Gasteiger partial charge in [0.1, 0.15) is 6.42 Å². The first kappa shape index (κ1) is 15.4. The standard InChI is InChI=1S/C15H17N3O2/c1-2-3-7-14(19)17-11-12-5-4-6-13(10-12)18-15(20)8-9-16/h3-7,10H,2,8,11H2,1H3,(H,17,19)(H,18,20)/b7-3+. The highest BCUT2D eigenvalue weighted by Crippen LogP contribution is 2.10. The maximum Gasteiger partial charge on any atom is 0.243 e. The van der Waals surface area contributed by atoms with E-state index in [1.807, 2.05) is 13.0 Å². The largest absolute Gasteiger partial charge is 0.348 e. The molecule has 0 saturated heterocycles. The Hall–Kier alpha value is -2.61. The van der Waals surface area contributed by atoms with Crippen LogP contribution in [0.4, 0.5) is 5.69 Å². The highest BCUT2D eigenvalue weighted by molar-refractivity contribution is 5.92. The van der Waals surface area contributed by atoms with Gasteiger partial charge in [-0.1, -0.05) is 25.1 Å². The molecule has 0 bridgehead atoms. The molecule has 0 heterocycles. The molecule has 0 unspecified atom stereocenters. The maximum atomic E-state index is 11.4. The first-order valence-electron chi connectivity index (χ1n) is 6.35.